The highest BCUT2D eigenvalue weighted by molar-refractivity contribution is 5.66. The zero-order valence-corrected chi connectivity index (χ0v) is 13.9. The molecular formula is C16H36NO2+. The van der Waals surface area contributed by atoms with Crippen molar-refractivity contribution in [3.8, 4) is 0 Å². The van der Waals surface area contributed by atoms with Gasteiger partial charge in [-0.05, 0) is 34.1 Å². The Morgan fingerprint density at radius 1 is 0.789 bits per heavy atom. The Hall–Kier alpha value is -0.570. The second-order valence-electron chi connectivity index (χ2n) is 5.16. The molecule has 3 heteroatoms. The van der Waals surface area contributed by atoms with Crippen molar-refractivity contribution < 1.29 is 14.4 Å². The lowest BCUT2D eigenvalue weighted by atomic mass is 10.1. The first-order valence-corrected chi connectivity index (χ1v) is 8.08. The van der Waals surface area contributed by atoms with E-state index in [1.54, 1.807) is 0 Å². The molecule has 0 aliphatic carbocycles. The fourth-order valence-corrected chi connectivity index (χ4v) is 2.22. The van der Waals surface area contributed by atoms with Gasteiger partial charge in [-0.1, -0.05) is 32.6 Å². The number of carbonyl (C=O) groups is 1. The molecule has 0 radical (unpaired) electrons. The monoisotopic (exact) mass is 274 g/mol. The summed E-state index contributed by atoms with van der Waals surface area (Å²) in [6, 6.07) is 0. The molecule has 116 valence electrons. The van der Waals surface area contributed by atoms with E-state index in [1.165, 1.54) is 49.9 Å². The average Bonchev–Trinajstić information content (AvgIpc) is 2.42. The molecule has 0 aliphatic rings. The Morgan fingerprint density at radius 3 is 1.47 bits per heavy atom. The van der Waals surface area contributed by atoms with Crippen LogP contribution in [0.5, 0.6) is 0 Å². The summed E-state index contributed by atoms with van der Waals surface area (Å²) in [4.78, 5) is 10.0. The molecule has 0 aliphatic heterocycles. The second-order valence-corrected chi connectivity index (χ2v) is 5.16. The van der Waals surface area contributed by atoms with Gasteiger partial charge >= 0.3 is 5.97 Å². The number of hydrogen-bond acceptors (Lipinski definition) is 1. The van der Waals surface area contributed by atoms with E-state index >= 15 is 0 Å². The van der Waals surface area contributed by atoms with E-state index < -0.39 is 5.97 Å². The largest absolute Gasteiger partial charge is 0.481 e. The first-order chi connectivity index (χ1) is 9.01. The molecule has 0 bridgehead atoms. The fraction of sp³-hybridized carbons (Fsp3) is 0.938. The number of rotatable bonds is 10. The number of carboxylic acids is 1. The zero-order chi connectivity index (χ0) is 15.1. The van der Waals surface area contributed by atoms with Gasteiger partial charge < -0.3 is 9.59 Å². The minimum atomic E-state index is -0.670. The lowest BCUT2D eigenvalue weighted by Gasteiger charge is -2.34. The minimum Gasteiger partial charge on any atom is -0.481 e. The number of quaternary nitrogens is 1. The van der Waals surface area contributed by atoms with E-state index in [1.807, 2.05) is 0 Å². The molecule has 0 atom stereocenters. The number of carboxylic acid groups (broad SMARTS) is 1. The fourth-order valence-electron chi connectivity index (χ4n) is 2.22. The Kier molecular flexibility index (Phi) is 15.1. The number of unbranched alkanes of at least 4 members (excludes halogenated alkanes) is 4. The third-order valence-electron chi connectivity index (χ3n) is 4.18. The van der Waals surface area contributed by atoms with E-state index in [0.29, 0.717) is 6.42 Å². The highest BCUT2D eigenvalue weighted by Crippen LogP contribution is 2.04. The van der Waals surface area contributed by atoms with Crippen LogP contribution in [0.25, 0.3) is 0 Å². The van der Waals surface area contributed by atoms with Crippen LogP contribution in [0, 0.1) is 0 Å². The van der Waals surface area contributed by atoms with Crippen LogP contribution in [-0.2, 0) is 4.79 Å². The van der Waals surface area contributed by atoms with E-state index in [4.69, 9.17) is 5.11 Å². The summed E-state index contributed by atoms with van der Waals surface area (Å²) in [5, 5.41) is 8.27. The predicted molar refractivity (Wildman–Crippen MR) is 83.4 cm³/mol. The molecule has 3 nitrogen and oxygen atoms in total. The van der Waals surface area contributed by atoms with Gasteiger partial charge in [-0.15, -0.1) is 0 Å². The van der Waals surface area contributed by atoms with Gasteiger partial charge in [0.15, 0.2) is 0 Å². The molecule has 1 N–H and O–H groups in total. The molecule has 0 amide bonds. The molecule has 0 spiro atoms. The maximum absolute atomic E-state index is 10.0. The van der Waals surface area contributed by atoms with Crippen molar-refractivity contribution in [2.24, 2.45) is 0 Å². The summed E-state index contributed by atoms with van der Waals surface area (Å²) < 4.78 is 1.28. The summed E-state index contributed by atoms with van der Waals surface area (Å²) >= 11 is 0. The maximum Gasteiger partial charge on any atom is 0.303 e. The van der Waals surface area contributed by atoms with E-state index in [2.05, 4.69) is 34.6 Å². The second kappa shape index (κ2) is 13.9. The number of nitrogens with zero attached hydrogens (tertiary/aromatic N) is 1. The third kappa shape index (κ3) is 12.2. The van der Waals surface area contributed by atoms with Crippen molar-refractivity contribution in [3.05, 3.63) is 0 Å². The summed E-state index contributed by atoms with van der Waals surface area (Å²) in [7, 11) is 0. The van der Waals surface area contributed by atoms with Gasteiger partial charge in [0.25, 0.3) is 0 Å². The predicted octanol–water partition coefficient (Wildman–Crippen LogP) is 4.31. The van der Waals surface area contributed by atoms with Crippen LogP contribution in [0.4, 0.5) is 0 Å². The standard InChI is InChI=1S/C8H20N.C8H16O2/c1-5-9(6-2,7-3)8-4;1-2-3-4-5-6-7-8(9)10/h5-8H2,1-4H3;2-7H2,1H3,(H,9,10)/q+1;. The summed E-state index contributed by atoms with van der Waals surface area (Å²) in [5.41, 5.74) is 0. The topological polar surface area (TPSA) is 37.3 Å². The summed E-state index contributed by atoms with van der Waals surface area (Å²) in [6.07, 6.45) is 5.88. The highest BCUT2D eigenvalue weighted by atomic mass is 16.4. The van der Waals surface area contributed by atoms with E-state index in [9.17, 15) is 4.79 Å². The zero-order valence-electron chi connectivity index (χ0n) is 13.9. The molecule has 0 aromatic rings. The van der Waals surface area contributed by atoms with Crippen LogP contribution < -0.4 is 0 Å². The van der Waals surface area contributed by atoms with Crippen molar-refractivity contribution in [1.82, 2.24) is 0 Å². The maximum atomic E-state index is 10.0. The minimum absolute atomic E-state index is 0.337. The van der Waals surface area contributed by atoms with Gasteiger partial charge in [0, 0.05) is 6.42 Å². The van der Waals surface area contributed by atoms with E-state index in [-0.39, 0.29) is 0 Å². The van der Waals surface area contributed by atoms with Crippen molar-refractivity contribution >= 4 is 5.97 Å². The first-order valence-electron chi connectivity index (χ1n) is 8.08. The third-order valence-corrected chi connectivity index (χ3v) is 4.18. The van der Waals surface area contributed by atoms with Crippen LogP contribution in [0.1, 0.15) is 73.1 Å². The Balaban J connectivity index is 0. The lowest BCUT2D eigenvalue weighted by molar-refractivity contribution is -0.921. The van der Waals surface area contributed by atoms with Crippen molar-refractivity contribution in [2.75, 3.05) is 26.2 Å². The molecule has 0 rings (SSSR count). The molecule has 0 aromatic carbocycles. The molecule has 0 saturated heterocycles. The summed E-state index contributed by atoms with van der Waals surface area (Å²) in [5.74, 6) is -0.670. The normalized spacial score (nSPS) is 10.8. The van der Waals surface area contributed by atoms with Crippen molar-refractivity contribution in [2.45, 2.75) is 73.1 Å². The lowest BCUT2D eigenvalue weighted by Crippen LogP contribution is -2.47. The quantitative estimate of drug-likeness (QED) is 0.476. The van der Waals surface area contributed by atoms with E-state index in [0.717, 1.165) is 12.8 Å². The molecular weight excluding hydrogens is 238 g/mol. The van der Waals surface area contributed by atoms with Gasteiger partial charge in [-0.2, -0.15) is 0 Å². The molecule has 0 aromatic heterocycles. The Bertz CT molecular complexity index is 183. The van der Waals surface area contributed by atoms with Crippen LogP contribution in [0.2, 0.25) is 0 Å². The average molecular weight is 274 g/mol. The van der Waals surface area contributed by atoms with Gasteiger partial charge in [0.1, 0.15) is 0 Å². The first kappa shape index (κ1) is 20.7. The van der Waals surface area contributed by atoms with Crippen molar-refractivity contribution in [1.29, 1.82) is 0 Å². The number of hydrogen-bond donors (Lipinski definition) is 1. The Labute approximate surface area is 120 Å². The molecule has 0 unspecified atom stereocenters. The molecule has 0 saturated carbocycles. The Morgan fingerprint density at radius 2 is 1.21 bits per heavy atom. The van der Waals surface area contributed by atoms with Gasteiger partial charge in [0.05, 0.1) is 26.2 Å². The summed E-state index contributed by atoms with van der Waals surface area (Å²) in [6.45, 7) is 16.4. The smallest absolute Gasteiger partial charge is 0.303 e. The highest BCUT2D eigenvalue weighted by Gasteiger charge is 2.16. The van der Waals surface area contributed by atoms with Crippen LogP contribution in [0.15, 0.2) is 0 Å². The van der Waals surface area contributed by atoms with Gasteiger partial charge in [-0.25, -0.2) is 0 Å². The SMILES string of the molecule is CCCCCCCC(=O)O.CC[N+](CC)(CC)CC. The van der Waals surface area contributed by atoms with Gasteiger partial charge in [-0.3, -0.25) is 4.79 Å². The van der Waals surface area contributed by atoms with Crippen LogP contribution >= 0.6 is 0 Å². The molecule has 19 heavy (non-hydrogen) atoms. The molecule has 0 fully saturated rings. The van der Waals surface area contributed by atoms with Crippen LogP contribution in [0.3, 0.4) is 0 Å². The number of aliphatic carboxylic acids is 1. The van der Waals surface area contributed by atoms with Crippen LogP contribution in [-0.4, -0.2) is 41.7 Å². The van der Waals surface area contributed by atoms with Gasteiger partial charge in [0.2, 0.25) is 0 Å². The van der Waals surface area contributed by atoms with Crippen molar-refractivity contribution in [3.63, 3.8) is 0 Å². The molecule has 0 heterocycles.